The highest BCUT2D eigenvalue weighted by molar-refractivity contribution is 6.04. The molecule has 7 nitrogen and oxygen atoms in total. The first kappa shape index (κ1) is 22.8. The number of rotatable bonds is 7. The van der Waals surface area contributed by atoms with Crippen molar-refractivity contribution >= 4 is 17.6 Å². The molecule has 0 bridgehead atoms. The molecule has 32 heavy (non-hydrogen) atoms. The number of hydrogen-bond acceptors (Lipinski definition) is 4. The summed E-state index contributed by atoms with van der Waals surface area (Å²) in [7, 11) is 1.31. The van der Waals surface area contributed by atoms with Crippen LogP contribution in [0, 0.1) is 5.82 Å². The standard InChI is InChI=1S/C21H17F4N3O4/c1-32-17-8-12(2-7-16(17)22)10-28-11-13(9-18(29)30)19(27-28)20(31)26-15-5-3-14(4-6-15)21(23,24)25/h2-8,11H,9-10H2,1H3,(H,26,31)(H,29,30). The summed E-state index contributed by atoms with van der Waals surface area (Å²) in [6, 6.07) is 7.92. The van der Waals surface area contributed by atoms with E-state index in [1.165, 1.54) is 36.2 Å². The molecule has 2 aromatic carbocycles. The van der Waals surface area contributed by atoms with Crippen molar-refractivity contribution < 1.29 is 37.0 Å². The fourth-order valence-corrected chi connectivity index (χ4v) is 2.95. The molecular weight excluding hydrogens is 434 g/mol. The van der Waals surface area contributed by atoms with Gasteiger partial charge >= 0.3 is 12.1 Å². The zero-order valence-corrected chi connectivity index (χ0v) is 16.6. The van der Waals surface area contributed by atoms with Gasteiger partial charge in [0.1, 0.15) is 0 Å². The van der Waals surface area contributed by atoms with Gasteiger partial charge in [-0.25, -0.2) is 4.39 Å². The van der Waals surface area contributed by atoms with Gasteiger partial charge in [0.05, 0.1) is 25.6 Å². The lowest BCUT2D eigenvalue weighted by molar-refractivity contribution is -0.138. The Labute approximate surface area is 179 Å². The van der Waals surface area contributed by atoms with E-state index in [9.17, 15) is 27.2 Å². The summed E-state index contributed by atoms with van der Waals surface area (Å²) in [5.74, 6) is -2.52. The number of methoxy groups -OCH3 is 1. The number of carbonyl (C=O) groups is 2. The Kier molecular flexibility index (Phi) is 6.47. The van der Waals surface area contributed by atoms with E-state index in [1.54, 1.807) is 0 Å². The third-order valence-electron chi connectivity index (χ3n) is 4.42. The number of carboxylic acids is 1. The highest BCUT2D eigenvalue weighted by Gasteiger charge is 2.30. The highest BCUT2D eigenvalue weighted by Crippen LogP contribution is 2.30. The fraction of sp³-hybridized carbons (Fsp3) is 0.190. The number of benzene rings is 2. The monoisotopic (exact) mass is 451 g/mol. The summed E-state index contributed by atoms with van der Waals surface area (Å²) in [5, 5.41) is 15.7. The van der Waals surface area contributed by atoms with Crippen molar-refractivity contribution in [2.75, 3.05) is 12.4 Å². The molecule has 1 heterocycles. The molecule has 0 saturated carbocycles. The normalized spacial score (nSPS) is 11.3. The molecule has 3 aromatic rings. The van der Waals surface area contributed by atoms with Crippen LogP contribution in [0.2, 0.25) is 0 Å². The number of nitrogens with zero attached hydrogens (tertiary/aromatic N) is 2. The third kappa shape index (κ3) is 5.42. The van der Waals surface area contributed by atoms with E-state index >= 15 is 0 Å². The summed E-state index contributed by atoms with van der Waals surface area (Å²) in [6.07, 6.45) is -3.65. The van der Waals surface area contributed by atoms with E-state index in [0.29, 0.717) is 5.56 Å². The molecule has 0 atom stereocenters. The van der Waals surface area contributed by atoms with Gasteiger partial charge in [-0.3, -0.25) is 14.3 Å². The average molecular weight is 451 g/mol. The maximum atomic E-state index is 13.6. The van der Waals surface area contributed by atoms with E-state index < -0.39 is 35.9 Å². The van der Waals surface area contributed by atoms with Crippen molar-refractivity contribution in [2.24, 2.45) is 0 Å². The van der Waals surface area contributed by atoms with Crippen LogP contribution in [-0.2, 0) is 23.9 Å². The molecule has 1 aromatic heterocycles. The maximum absolute atomic E-state index is 13.6. The Morgan fingerprint density at radius 3 is 2.44 bits per heavy atom. The van der Waals surface area contributed by atoms with Crippen LogP contribution in [-0.4, -0.2) is 33.9 Å². The lowest BCUT2D eigenvalue weighted by Crippen LogP contribution is -2.16. The quantitative estimate of drug-likeness (QED) is 0.530. The molecular formula is C21H17F4N3O4. The molecule has 0 radical (unpaired) electrons. The molecule has 0 fully saturated rings. The van der Waals surface area contributed by atoms with E-state index in [1.807, 2.05) is 0 Å². The Morgan fingerprint density at radius 1 is 1.16 bits per heavy atom. The van der Waals surface area contributed by atoms with Crippen LogP contribution < -0.4 is 10.1 Å². The average Bonchev–Trinajstić information content (AvgIpc) is 3.10. The van der Waals surface area contributed by atoms with E-state index in [0.717, 1.165) is 24.3 Å². The first-order valence-corrected chi connectivity index (χ1v) is 9.16. The highest BCUT2D eigenvalue weighted by atomic mass is 19.4. The molecule has 0 saturated heterocycles. The van der Waals surface area contributed by atoms with Crippen LogP contribution in [0.1, 0.15) is 27.2 Å². The number of alkyl halides is 3. The third-order valence-corrected chi connectivity index (χ3v) is 4.42. The molecule has 0 aliphatic rings. The Bertz CT molecular complexity index is 1140. The molecule has 11 heteroatoms. The Balaban J connectivity index is 1.84. The molecule has 0 aliphatic carbocycles. The number of aliphatic carboxylic acids is 1. The molecule has 1 amide bonds. The van der Waals surface area contributed by atoms with Crippen molar-refractivity contribution in [3.8, 4) is 5.75 Å². The number of carboxylic acid groups (broad SMARTS) is 1. The van der Waals surface area contributed by atoms with Gasteiger partial charge in [-0.1, -0.05) is 6.07 Å². The van der Waals surface area contributed by atoms with Crippen molar-refractivity contribution in [1.29, 1.82) is 0 Å². The summed E-state index contributed by atoms with van der Waals surface area (Å²) >= 11 is 0. The van der Waals surface area contributed by atoms with Crippen LogP contribution in [0.5, 0.6) is 5.75 Å². The first-order valence-electron chi connectivity index (χ1n) is 9.16. The van der Waals surface area contributed by atoms with Gasteiger partial charge in [0.25, 0.3) is 5.91 Å². The van der Waals surface area contributed by atoms with Gasteiger partial charge in [-0.15, -0.1) is 0 Å². The fourth-order valence-electron chi connectivity index (χ4n) is 2.95. The van der Waals surface area contributed by atoms with Crippen LogP contribution in [0.3, 0.4) is 0 Å². The smallest absolute Gasteiger partial charge is 0.416 e. The van der Waals surface area contributed by atoms with Gasteiger partial charge < -0.3 is 15.2 Å². The second kappa shape index (κ2) is 9.08. The Morgan fingerprint density at radius 2 is 1.84 bits per heavy atom. The predicted octanol–water partition coefficient (Wildman–Crippen LogP) is 3.98. The minimum Gasteiger partial charge on any atom is -0.494 e. The van der Waals surface area contributed by atoms with Crippen molar-refractivity contribution in [2.45, 2.75) is 19.1 Å². The molecule has 0 aliphatic heterocycles. The van der Waals surface area contributed by atoms with Crippen LogP contribution >= 0.6 is 0 Å². The topological polar surface area (TPSA) is 93.5 Å². The number of aromatic nitrogens is 2. The largest absolute Gasteiger partial charge is 0.494 e. The lowest BCUT2D eigenvalue weighted by atomic mass is 10.1. The predicted molar refractivity (Wildman–Crippen MR) is 105 cm³/mol. The van der Waals surface area contributed by atoms with Gasteiger partial charge in [-0.2, -0.15) is 18.3 Å². The number of amides is 1. The number of nitrogens with one attached hydrogen (secondary N) is 1. The summed E-state index contributed by atoms with van der Waals surface area (Å²) < 4.78 is 57.9. The SMILES string of the molecule is COc1cc(Cn2cc(CC(=O)O)c(C(=O)Nc3ccc(C(F)(F)F)cc3)n2)ccc1F. The van der Waals surface area contributed by atoms with E-state index in [2.05, 4.69) is 10.4 Å². The zero-order chi connectivity index (χ0) is 23.5. The zero-order valence-electron chi connectivity index (χ0n) is 16.6. The molecule has 2 N–H and O–H groups in total. The molecule has 0 spiro atoms. The summed E-state index contributed by atoms with van der Waals surface area (Å²) in [5.41, 5.74) is -0.289. The van der Waals surface area contributed by atoms with Gasteiger partial charge in [0.15, 0.2) is 17.3 Å². The van der Waals surface area contributed by atoms with Crippen molar-refractivity contribution in [1.82, 2.24) is 9.78 Å². The second-order valence-corrected chi connectivity index (χ2v) is 6.77. The first-order chi connectivity index (χ1) is 15.1. The number of ether oxygens (including phenoxy) is 1. The number of carbonyl (C=O) groups excluding carboxylic acids is 1. The van der Waals surface area contributed by atoms with Crippen LogP contribution in [0.25, 0.3) is 0 Å². The lowest BCUT2D eigenvalue weighted by Gasteiger charge is -2.08. The van der Waals surface area contributed by atoms with Gasteiger partial charge in [0, 0.05) is 17.4 Å². The van der Waals surface area contributed by atoms with Crippen LogP contribution in [0.15, 0.2) is 48.7 Å². The van der Waals surface area contributed by atoms with Gasteiger partial charge in [0.2, 0.25) is 0 Å². The summed E-state index contributed by atoms with van der Waals surface area (Å²) in [6.45, 7) is 0.0941. The van der Waals surface area contributed by atoms with Gasteiger partial charge in [-0.05, 0) is 42.0 Å². The van der Waals surface area contributed by atoms with E-state index in [4.69, 9.17) is 9.84 Å². The molecule has 3 rings (SSSR count). The second-order valence-electron chi connectivity index (χ2n) is 6.77. The number of halogens is 4. The number of hydrogen-bond donors (Lipinski definition) is 2. The minimum absolute atomic E-state index is 0.0145. The van der Waals surface area contributed by atoms with E-state index in [-0.39, 0.29) is 29.2 Å². The van der Waals surface area contributed by atoms with Crippen LogP contribution in [0.4, 0.5) is 23.2 Å². The number of anilines is 1. The van der Waals surface area contributed by atoms with Crippen molar-refractivity contribution in [3.63, 3.8) is 0 Å². The summed E-state index contributed by atoms with van der Waals surface area (Å²) in [4.78, 5) is 23.8. The maximum Gasteiger partial charge on any atom is 0.416 e. The minimum atomic E-state index is -4.51. The Hall–Kier alpha value is -3.89. The molecule has 168 valence electrons. The molecule has 0 unspecified atom stereocenters. The van der Waals surface area contributed by atoms with Crippen molar-refractivity contribution in [3.05, 3.63) is 76.9 Å².